The van der Waals surface area contributed by atoms with E-state index in [9.17, 15) is 19.8 Å². The minimum atomic E-state index is -2.66. The second kappa shape index (κ2) is 10.5. The zero-order valence-corrected chi connectivity index (χ0v) is 13.3. The molecular weight excluding hydrogens is 296 g/mol. The van der Waals surface area contributed by atoms with E-state index >= 15 is 0 Å². The average Bonchev–Trinajstić information content (AvgIpc) is 2.42. The van der Waals surface area contributed by atoms with Crippen LogP contribution in [0.25, 0.3) is 0 Å². The second-order valence-electron chi connectivity index (χ2n) is 4.71. The third kappa shape index (κ3) is 7.69. The Kier molecular flexibility index (Phi) is 9.91. The first-order chi connectivity index (χ1) is 10.3. The van der Waals surface area contributed by atoms with E-state index < -0.39 is 30.1 Å². The molecule has 0 saturated carbocycles. The van der Waals surface area contributed by atoms with Gasteiger partial charge in [-0.25, -0.2) is 9.59 Å². The lowest BCUT2D eigenvalue weighted by molar-refractivity contribution is -0.327. The molecule has 0 aliphatic carbocycles. The molecule has 0 rings (SSSR count). The first-order valence-corrected chi connectivity index (χ1v) is 7.42. The lowest BCUT2D eigenvalue weighted by Gasteiger charge is -2.27. The Morgan fingerprint density at radius 1 is 1.00 bits per heavy atom. The molecule has 130 valence electrons. The molecule has 22 heavy (non-hydrogen) atoms. The summed E-state index contributed by atoms with van der Waals surface area (Å²) in [6.45, 7) is 5.16. The molecule has 8 nitrogen and oxygen atoms in total. The predicted octanol–water partition coefficient (Wildman–Crippen LogP) is 0.643. The van der Waals surface area contributed by atoms with Crippen LogP contribution in [-0.4, -0.2) is 58.7 Å². The molecular formula is C14H26O8. The summed E-state index contributed by atoms with van der Waals surface area (Å²) in [6.07, 6.45) is -1.28. The minimum Gasteiger partial charge on any atom is -0.479 e. The molecule has 0 bridgehead atoms. The summed E-state index contributed by atoms with van der Waals surface area (Å²) in [6, 6.07) is 0. The number of aliphatic carboxylic acids is 1. The fourth-order valence-corrected chi connectivity index (χ4v) is 1.80. The molecule has 0 amide bonds. The Bertz CT molecular complexity index is 342. The van der Waals surface area contributed by atoms with Crippen molar-refractivity contribution in [1.82, 2.24) is 0 Å². The van der Waals surface area contributed by atoms with Gasteiger partial charge in [0, 0.05) is 19.6 Å². The van der Waals surface area contributed by atoms with Crippen molar-refractivity contribution in [2.45, 2.75) is 64.6 Å². The number of hydrogen-bond acceptors (Lipinski definition) is 7. The van der Waals surface area contributed by atoms with Gasteiger partial charge in [-0.15, -0.1) is 0 Å². The average molecular weight is 322 g/mol. The van der Waals surface area contributed by atoms with Crippen molar-refractivity contribution < 1.29 is 39.1 Å². The highest BCUT2D eigenvalue weighted by Crippen LogP contribution is 2.17. The number of ether oxygens (including phenoxy) is 3. The zero-order chi connectivity index (χ0) is 17.2. The molecule has 0 aromatic rings. The van der Waals surface area contributed by atoms with Crippen molar-refractivity contribution in [2.75, 3.05) is 13.2 Å². The Morgan fingerprint density at radius 3 is 2.00 bits per heavy atom. The van der Waals surface area contributed by atoms with Crippen LogP contribution in [0.1, 0.15) is 46.5 Å². The van der Waals surface area contributed by atoms with Gasteiger partial charge in [0.1, 0.15) is 0 Å². The second-order valence-corrected chi connectivity index (χ2v) is 4.71. The first kappa shape index (κ1) is 20.8. The number of esters is 1. The van der Waals surface area contributed by atoms with E-state index in [-0.39, 0.29) is 19.6 Å². The van der Waals surface area contributed by atoms with Crippen molar-refractivity contribution in [3.05, 3.63) is 0 Å². The minimum absolute atomic E-state index is 0.0380. The summed E-state index contributed by atoms with van der Waals surface area (Å²) in [5.74, 6) is -5.24. The molecule has 0 saturated heterocycles. The summed E-state index contributed by atoms with van der Waals surface area (Å²) in [4.78, 5) is 23.1. The molecule has 0 fully saturated rings. The van der Waals surface area contributed by atoms with Crippen molar-refractivity contribution in [2.24, 2.45) is 0 Å². The standard InChI is InChI=1S/C14H26O8/c1-4-7-8-9-14(18,19)22-13(17)11(21-6-3)10(12(15)16)20-5-2/h10-11,18-19H,4-9H2,1-3H3,(H,15,16). The number of carboxylic acid groups (broad SMARTS) is 1. The van der Waals surface area contributed by atoms with Gasteiger partial charge in [-0.3, -0.25) is 0 Å². The normalized spacial score (nSPS) is 14.4. The van der Waals surface area contributed by atoms with Gasteiger partial charge in [0.15, 0.2) is 12.2 Å². The number of hydrogen-bond donors (Lipinski definition) is 3. The van der Waals surface area contributed by atoms with Gasteiger partial charge >= 0.3 is 17.9 Å². The molecule has 3 N–H and O–H groups in total. The predicted molar refractivity (Wildman–Crippen MR) is 75.9 cm³/mol. The largest absolute Gasteiger partial charge is 0.479 e. The van der Waals surface area contributed by atoms with Crippen LogP contribution < -0.4 is 0 Å². The molecule has 2 unspecified atom stereocenters. The van der Waals surface area contributed by atoms with Gasteiger partial charge in [0.2, 0.25) is 0 Å². The number of carbonyl (C=O) groups is 2. The van der Waals surface area contributed by atoms with Gasteiger partial charge in [-0.05, 0) is 20.3 Å². The van der Waals surface area contributed by atoms with Crippen molar-refractivity contribution >= 4 is 11.9 Å². The van der Waals surface area contributed by atoms with Crippen LogP contribution in [0.3, 0.4) is 0 Å². The zero-order valence-electron chi connectivity index (χ0n) is 13.3. The quantitative estimate of drug-likeness (QED) is 0.272. The summed E-state index contributed by atoms with van der Waals surface area (Å²) in [7, 11) is 0. The molecule has 0 aromatic carbocycles. The maximum absolute atomic E-state index is 12.0. The van der Waals surface area contributed by atoms with Crippen LogP contribution in [0.5, 0.6) is 0 Å². The molecule has 0 aliphatic heterocycles. The highest BCUT2D eigenvalue weighted by Gasteiger charge is 2.40. The Morgan fingerprint density at radius 2 is 1.55 bits per heavy atom. The molecule has 8 heteroatoms. The van der Waals surface area contributed by atoms with Crippen LogP contribution >= 0.6 is 0 Å². The van der Waals surface area contributed by atoms with E-state index in [1.807, 2.05) is 6.92 Å². The Hall–Kier alpha value is -1.22. The van der Waals surface area contributed by atoms with Crippen LogP contribution in [0.15, 0.2) is 0 Å². The number of carbonyl (C=O) groups excluding carboxylic acids is 1. The van der Waals surface area contributed by atoms with Gasteiger partial charge < -0.3 is 29.5 Å². The van der Waals surface area contributed by atoms with Gasteiger partial charge in [-0.2, -0.15) is 0 Å². The summed E-state index contributed by atoms with van der Waals surface area (Å²) >= 11 is 0. The van der Waals surface area contributed by atoms with E-state index in [0.29, 0.717) is 6.42 Å². The van der Waals surface area contributed by atoms with Gasteiger partial charge in [0.05, 0.1) is 0 Å². The fourth-order valence-electron chi connectivity index (χ4n) is 1.80. The lowest BCUT2D eigenvalue weighted by atomic mass is 10.1. The highest BCUT2D eigenvalue weighted by molar-refractivity contribution is 5.84. The maximum atomic E-state index is 12.0. The Balaban J connectivity index is 4.86. The van der Waals surface area contributed by atoms with Gasteiger partial charge in [-0.1, -0.05) is 19.8 Å². The van der Waals surface area contributed by atoms with Crippen LogP contribution in [-0.2, 0) is 23.8 Å². The number of carboxylic acids is 1. The maximum Gasteiger partial charge on any atom is 0.342 e. The van der Waals surface area contributed by atoms with E-state index in [1.165, 1.54) is 0 Å². The highest BCUT2D eigenvalue weighted by atomic mass is 16.8. The number of rotatable bonds is 12. The van der Waals surface area contributed by atoms with Crippen LogP contribution in [0.4, 0.5) is 0 Å². The monoisotopic (exact) mass is 322 g/mol. The van der Waals surface area contributed by atoms with Crippen LogP contribution in [0, 0.1) is 0 Å². The van der Waals surface area contributed by atoms with Crippen LogP contribution in [0.2, 0.25) is 0 Å². The summed E-state index contributed by atoms with van der Waals surface area (Å²) in [5, 5.41) is 28.4. The van der Waals surface area contributed by atoms with E-state index in [0.717, 1.165) is 12.8 Å². The topological polar surface area (TPSA) is 123 Å². The van der Waals surface area contributed by atoms with E-state index in [4.69, 9.17) is 14.6 Å². The Labute approximate surface area is 130 Å². The molecule has 0 heterocycles. The van der Waals surface area contributed by atoms with E-state index in [1.54, 1.807) is 13.8 Å². The smallest absolute Gasteiger partial charge is 0.342 e. The molecule has 0 aromatic heterocycles. The molecule has 0 spiro atoms. The number of unbranched alkanes of at least 4 members (excludes halogenated alkanes) is 2. The number of aliphatic hydroxyl groups is 2. The molecule has 0 aliphatic rings. The third-order valence-electron chi connectivity index (χ3n) is 2.81. The lowest BCUT2D eigenvalue weighted by Crippen LogP contribution is -2.48. The summed E-state index contributed by atoms with van der Waals surface area (Å²) < 4.78 is 14.6. The molecule has 2 atom stereocenters. The SMILES string of the molecule is CCCCCC(O)(O)OC(=O)C(OCC)C(OCC)C(=O)O. The third-order valence-corrected chi connectivity index (χ3v) is 2.81. The summed E-state index contributed by atoms with van der Waals surface area (Å²) in [5.41, 5.74) is 0. The van der Waals surface area contributed by atoms with Gasteiger partial charge in [0.25, 0.3) is 0 Å². The fraction of sp³-hybridized carbons (Fsp3) is 0.857. The van der Waals surface area contributed by atoms with E-state index in [2.05, 4.69) is 4.74 Å². The van der Waals surface area contributed by atoms with Crippen molar-refractivity contribution in [3.8, 4) is 0 Å². The molecule has 0 radical (unpaired) electrons. The van der Waals surface area contributed by atoms with Crippen molar-refractivity contribution in [1.29, 1.82) is 0 Å². The first-order valence-electron chi connectivity index (χ1n) is 7.42. The van der Waals surface area contributed by atoms with Crippen molar-refractivity contribution in [3.63, 3.8) is 0 Å².